The minimum absolute atomic E-state index is 0.371. The molecule has 0 heterocycles. The third-order valence-corrected chi connectivity index (χ3v) is 3.63. The summed E-state index contributed by atoms with van der Waals surface area (Å²) in [7, 11) is -2.03. The topological polar surface area (TPSA) is 35.5 Å². The summed E-state index contributed by atoms with van der Waals surface area (Å²) in [4.78, 5) is 0. The van der Waals surface area contributed by atoms with Crippen LogP contribution in [0.4, 0.5) is 0 Å². The van der Waals surface area contributed by atoms with E-state index in [1.807, 2.05) is 27.7 Å². The van der Waals surface area contributed by atoms with Crippen LogP contribution >= 0.6 is 8.25 Å². The maximum Gasteiger partial charge on any atom is 0.698 e. The van der Waals surface area contributed by atoms with E-state index in [9.17, 15) is 4.57 Å². The molecule has 0 bridgehead atoms. The van der Waals surface area contributed by atoms with Gasteiger partial charge in [0.2, 0.25) is 0 Å². The summed E-state index contributed by atoms with van der Waals surface area (Å²) in [5.74, 6) is 0. The summed E-state index contributed by atoms with van der Waals surface area (Å²) in [6.45, 7) is 11.9. The van der Waals surface area contributed by atoms with Crippen molar-refractivity contribution in [2.75, 3.05) is 0 Å². The summed E-state index contributed by atoms with van der Waals surface area (Å²) in [6, 6.07) is 0. The van der Waals surface area contributed by atoms with Crippen molar-refractivity contribution >= 4 is 8.25 Å². The summed E-state index contributed by atoms with van der Waals surface area (Å²) in [5, 5.41) is 0. The van der Waals surface area contributed by atoms with E-state index in [0.29, 0.717) is 0 Å². The molecular formula is C12H26O3P+. The van der Waals surface area contributed by atoms with E-state index in [2.05, 4.69) is 13.8 Å². The first kappa shape index (κ1) is 16.0. The lowest BCUT2D eigenvalue weighted by Gasteiger charge is -2.19. The predicted octanol–water partition coefficient (Wildman–Crippen LogP) is 4.83. The van der Waals surface area contributed by atoms with Gasteiger partial charge in [0.15, 0.2) is 0 Å². The van der Waals surface area contributed by atoms with E-state index in [-0.39, 0.29) is 11.2 Å². The van der Waals surface area contributed by atoms with Gasteiger partial charge in [-0.25, -0.2) is 0 Å². The van der Waals surface area contributed by atoms with Crippen LogP contribution in [0.1, 0.15) is 67.2 Å². The molecule has 96 valence electrons. The number of hydrogen-bond acceptors (Lipinski definition) is 3. The molecule has 0 radical (unpaired) electrons. The van der Waals surface area contributed by atoms with Crippen LogP contribution in [0.2, 0.25) is 0 Å². The molecule has 0 amide bonds. The molecule has 0 saturated heterocycles. The smallest absolute Gasteiger partial charge is 0.113 e. The standard InChI is InChI=1S/C12H26O3P/c1-7-9-11(3,4)14-16(13)15-12(5,6)10-8-2/h7-10H2,1-6H3/q+1. The first-order valence-corrected chi connectivity index (χ1v) is 7.17. The largest absolute Gasteiger partial charge is 0.698 e. The van der Waals surface area contributed by atoms with Crippen molar-refractivity contribution in [3.8, 4) is 0 Å². The zero-order chi connectivity index (χ0) is 12.8. The van der Waals surface area contributed by atoms with Gasteiger partial charge in [0.1, 0.15) is 11.2 Å². The Morgan fingerprint density at radius 3 is 1.44 bits per heavy atom. The van der Waals surface area contributed by atoms with E-state index in [0.717, 1.165) is 25.7 Å². The third-order valence-electron chi connectivity index (χ3n) is 2.35. The fourth-order valence-corrected chi connectivity index (χ4v) is 2.74. The normalized spacial score (nSPS) is 12.9. The molecule has 0 saturated carbocycles. The van der Waals surface area contributed by atoms with Crippen molar-refractivity contribution < 1.29 is 13.6 Å². The second-order valence-corrected chi connectivity index (χ2v) is 6.24. The van der Waals surface area contributed by atoms with Crippen molar-refractivity contribution in [3.63, 3.8) is 0 Å². The van der Waals surface area contributed by atoms with E-state index in [1.165, 1.54) is 0 Å². The zero-order valence-electron chi connectivity index (χ0n) is 11.5. The Morgan fingerprint density at radius 1 is 0.875 bits per heavy atom. The van der Waals surface area contributed by atoms with Crippen molar-refractivity contribution in [2.24, 2.45) is 0 Å². The van der Waals surface area contributed by atoms with Gasteiger partial charge in [-0.2, -0.15) is 0 Å². The lowest BCUT2D eigenvalue weighted by molar-refractivity contribution is 0.0368. The van der Waals surface area contributed by atoms with E-state index in [1.54, 1.807) is 0 Å². The maximum absolute atomic E-state index is 11.7. The SMILES string of the molecule is CCCC(C)(C)O[P+](=O)OC(C)(C)CCC. The number of rotatable bonds is 8. The Morgan fingerprint density at radius 2 is 1.19 bits per heavy atom. The molecule has 16 heavy (non-hydrogen) atoms. The molecule has 3 nitrogen and oxygen atoms in total. The van der Waals surface area contributed by atoms with Crippen LogP contribution in [0, 0.1) is 0 Å². The van der Waals surface area contributed by atoms with Crippen LogP contribution in [-0.4, -0.2) is 11.2 Å². The molecule has 0 spiro atoms. The van der Waals surface area contributed by atoms with Gasteiger partial charge in [-0.15, -0.1) is 9.05 Å². The lowest BCUT2D eigenvalue weighted by atomic mass is 10.0. The van der Waals surface area contributed by atoms with E-state index >= 15 is 0 Å². The summed E-state index contributed by atoms with van der Waals surface area (Å²) in [6.07, 6.45) is 3.78. The van der Waals surface area contributed by atoms with E-state index in [4.69, 9.17) is 9.05 Å². The highest BCUT2D eigenvalue weighted by Gasteiger charge is 2.38. The third kappa shape index (κ3) is 7.32. The molecular weight excluding hydrogens is 223 g/mol. The first-order chi connectivity index (χ1) is 7.22. The molecule has 4 heteroatoms. The lowest BCUT2D eigenvalue weighted by Crippen LogP contribution is -2.25. The van der Waals surface area contributed by atoms with Gasteiger partial charge >= 0.3 is 8.25 Å². The van der Waals surface area contributed by atoms with Crippen molar-refractivity contribution in [2.45, 2.75) is 78.4 Å². The predicted molar refractivity (Wildman–Crippen MR) is 67.8 cm³/mol. The highest BCUT2D eigenvalue weighted by Crippen LogP contribution is 2.38. The van der Waals surface area contributed by atoms with Gasteiger partial charge in [-0.3, -0.25) is 0 Å². The van der Waals surface area contributed by atoms with Gasteiger partial charge in [-0.1, -0.05) is 26.7 Å². The van der Waals surface area contributed by atoms with E-state index < -0.39 is 8.25 Å². The van der Waals surface area contributed by atoms with Crippen LogP contribution < -0.4 is 0 Å². The Balaban J connectivity index is 4.17. The quantitative estimate of drug-likeness (QED) is 0.578. The minimum Gasteiger partial charge on any atom is -0.113 e. The average Bonchev–Trinajstić information content (AvgIpc) is 1.99. The first-order valence-electron chi connectivity index (χ1n) is 6.08. The molecule has 0 aromatic carbocycles. The van der Waals surface area contributed by atoms with Gasteiger partial charge in [0, 0.05) is 4.57 Å². The fraction of sp³-hybridized carbons (Fsp3) is 1.00. The highest BCUT2D eigenvalue weighted by molar-refractivity contribution is 7.33. The van der Waals surface area contributed by atoms with Crippen molar-refractivity contribution in [1.29, 1.82) is 0 Å². The Kier molecular flexibility index (Phi) is 6.69. The Bertz CT molecular complexity index is 202. The average molecular weight is 249 g/mol. The van der Waals surface area contributed by atoms with Crippen LogP contribution in [0.15, 0.2) is 0 Å². The van der Waals surface area contributed by atoms with Gasteiger partial charge in [0.05, 0.1) is 0 Å². The van der Waals surface area contributed by atoms with Gasteiger partial charge in [-0.05, 0) is 40.5 Å². The van der Waals surface area contributed by atoms with Gasteiger partial charge < -0.3 is 0 Å². The molecule has 0 aromatic rings. The highest BCUT2D eigenvalue weighted by atomic mass is 31.1. The Hall–Kier alpha value is 0.0200. The summed E-state index contributed by atoms with van der Waals surface area (Å²) < 4.78 is 22.6. The molecule has 0 aliphatic heterocycles. The molecule has 0 N–H and O–H groups in total. The van der Waals surface area contributed by atoms with Crippen LogP contribution in [0.25, 0.3) is 0 Å². The molecule has 0 fully saturated rings. The summed E-state index contributed by atoms with van der Waals surface area (Å²) in [5.41, 5.74) is -0.741. The van der Waals surface area contributed by atoms with Crippen LogP contribution in [-0.2, 0) is 13.6 Å². The fourth-order valence-electron chi connectivity index (χ4n) is 1.72. The second kappa shape index (κ2) is 6.68. The van der Waals surface area contributed by atoms with Crippen molar-refractivity contribution in [1.82, 2.24) is 0 Å². The monoisotopic (exact) mass is 249 g/mol. The Labute approximate surface area is 101 Å². The van der Waals surface area contributed by atoms with Crippen LogP contribution in [0.3, 0.4) is 0 Å². The molecule has 0 aromatic heterocycles. The second-order valence-electron chi connectivity index (χ2n) is 5.43. The molecule has 0 aliphatic carbocycles. The van der Waals surface area contributed by atoms with Crippen LogP contribution in [0.5, 0.6) is 0 Å². The summed E-state index contributed by atoms with van der Waals surface area (Å²) >= 11 is 0. The molecule has 0 aliphatic rings. The molecule has 0 atom stereocenters. The molecule has 0 rings (SSSR count). The van der Waals surface area contributed by atoms with Gasteiger partial charge in [0.25, 0.3) is 0 Å². The maximum atomic E-state index is 11.7. The van der Waals surface area contributed by atoms with Crippen molar-refractivity contribution in [3.05, 3.63) is 0 Å². The molecule has 0 unspecified atom stereocenters. The zero-order valence-corrected chi connectivity index (χ0v) is 12.4. The minimum atomic E-state index is -2.03. The number of hydrogen-bond donors (Lipinski definition) is 0.